The van der Waals surface area contributed by atoms with Crippen LogP contribution in [0, 0.1) is 0 Å². The summed E-state index contributed by atoms with van der Waals surface area (Å²) in [7, 11) is 4.69. The summed E-state index contributed by atoms with van der Waals surface area (Å²) in [4.78, 5) is 13.1. The predicted molar refractivity (Wildman–Crippen MR) is 110 cm³/mol. The van der Waals surface area contributed by atoms with Gasteiger partial charge in [0, 0.05) is 0 Å². The fourth-order valence-corrected chi connectivity index (χ4v) is 3.12. The highest BCUT2D eigenvalue weighted by Gasteiger charge is 2.30. The molecule has 1 aliphatic heterocycles. The highest BCUT2D eigenvalue weighted by molar-refractivity contribution is 6.32. The topological polar surface area (TPSA) is 60.4 Å². The molecule has 0 aromatic heterocycles. The Morgan fingerprint density at radius 3 is 2.18 bits per heavy atom. The average Bonchev–Trinajstić information content (AvgIpc) is 3.03. The molecule has 0 bridgehead atoms. The first-order valence-corrected chi connectivity index (χ1v) is 9.12. The van der Waals surface area contributed by atoms with Crippen molar-refractivity contribution in [2.75, 3.05) is 26.3 Å². The molecule has 0 saturated heterocycles. The Labute approximate surface area is 165 Å². The Hall–Kier alpha value is -3.28. The minimum atomic E-state index is -0.150. The second-order valence-electron chi connectivity index (χ2n) is 6.27. The van der Waals surface area contributed by atoms with Crippen molar-refractivity contribution in [3.05, 3.63) is 53.6 Å². The zero-order chi connectivity index (χ0) is 20.1. The molecule has 2 aromatic rings. The number of hydrazone groups is 1. The number of hydrogen-bond donors (Lipinski definition) is 0. The number of carbonyl (C=O) groups excluding carboxylic acids is 1. The van der Waals surface area contributed by atoms with Crippen LogP contribution in [0.25, 0.3) is 6.08 Å². The molecule has 28 heavy (non-hydrogen) atoms. The molecule has 0 aliphatic carbocycles. The SMILES string of the molecule is CCCC1=NN(c2ccccc2)C(=O)C1=Cc1cc(OC)c(OC)c(OC)c1. The van der Waals surface area contributed by atoms with Crippen molar-refractivity contribution in [2.24, 2.45) is 5.10 Å². The van der Waals surface area contributed by atoms with Gasteiger partial charge in [0.2, 0.25) is 5.75 Å². The molecule has 0 spiro atoms. The van der Waals surface area contributed by atoms with Crippen molar-refractivity contribution < 1.29 is 19.0 Å². The Morgan fingerprint density at radius 1 is 1.00 bits per heavy atom. The van der Waals surface area contributed by atoms with Gasteiger partial charge in [0.25, 0.3) is 5.91 Å². The molecule has 0 saturated carbocycles. The maximum absolute atomic E-state index is 13.1. The lowest BCUT2D eigenvalue weighted by Crippen LogP contribution is -2.21. The van der Waals surface area contributed by atoms with Crippen LogP contribution in [-0.2, 0) is 4.79 Å². The third-order valence-electron chi connectivity index (χ3n) is 4.44. The highest BCUT2D eigenvalue weighted by atomic mass is 16.5. The van der Waals surface area contributed by atoms with Gasteiger partial charge in [0.1, 0.15) is 0 Å². The van der Waals surface area contributed by atoms with E-state index in [2.05, 4.69) is 12.0 Å². The number of carbonyl (C=O) groups is 1. The van der Waals surface area contributed by atoms with Crippen molar-refractivity contribution >= 4 is 23.4 Å². The van der Waals surface area contributed by atoms with Gasteiger partial charge in [-0.3, -0.25) is 4.79 Å². The number of nitrogens with zero attached hydrogens (tertiary/aromatic N) is 2. The molecule has 6 heteroatoms. The van der Waals surface area contributed by atoms with E-state index in [1.54, 1.807) is 21.3 Å². The zero-order valence-corrected chi connectivity index (χ0v) is 16.6. The molecular formula is C22H24N2O4. The summed E-state index contributed by atoms with van der Waals surface area (Å²) >= 11 is 0. The molecule has 0 fully saturated rings. The Morgan fingerprint density at radius 2 is 1.64 bits per heavy atom. The van der Waals surface area contributed by atoms with Crippen molar-refractivity contribution in [1.82, 2.24) is 0 Å². The van der Waals surface area contributed by atoms with E-state index < -0.39 is 0 Å². The summed E-state index contributed by atoms with van der Waals surface area (Å²) in [5, 5.41) is 6.02. The third-order valence-corrected chi connectivity index (χ3v) is 4.44. The van der Waals surface area contributed by atoms with Crippen LogP contribution < -0.4 is 19.2 Å². The number of anilines is 1. The lowest BCUT2D eigenvalue weighted by molar-refractivity contribution is -0.114. The van der Waals surface area contributed by atoms with E-state index >= 15 is 0 Å². The van der Waals surface area contributed by atoms with E-state index in [0.29, 0.717) is 29.2 Å². The first-order valence-electron chi connectivity index (χ1n) is 9.12. The molecule has 2 aromatic carbocycles. The average molecular weight is 380 g/mol. The van der Waals surface area contributed by atoms with Crippen molar-refractivity contribution in [3.63, 3.8) is 0 Å². The van der Waals surface area contributed by atoms with Gasteiger partial charge in [-0.1, -0.05) is 31.5 Å². The van der Waals surface area contributed by atoms with Crippen LogP contribution >= 0.6 is 0 Å². The lowest BCUT2D eigenvalue weighted by atomic mass is 10.0. The summed E-state index contributed by atoms with van der Waals surface area (Å²) in [6.07, 6.45) is 3.43. The lowest BCUT2D eigenvalue weighted by Gasteiger charge is -2.13. The summed E-state index contributed by atoms with van der Waals surface area (Å²) in [6.45, 7) is 2.06. The maximum Gasteiger partial charge on any atom is 0.280 e. The van der Waals surface area contributed by atoms with E-state index in [4.69, 9.17) is 14.2 Å². The normalized spacial score (nSPS) is 15.0. The number of rotatable bonds is 7. The molecule has 1 aliphatic rings. The van der Waals surface area contributed by atoms with E-state index in [9.17, 15) is 4.79 Å². The van der Waals surface area contributed by atoms with Gasteiger partial charge in [0.05, 0.1) is 38.3 Å². The number of ether oxygens (including phenoxy) is 3. The Kier molecular flexibility index (Phi) is 5.99. The summed E-state index contributed by atoms with van der Waals surface area (Å²) in [5.41, 5.74) is 2.86. The zero-order valence-electron chi connectivity index (χ0n) is 16.6. The van der Waals surface area contributed by atoms with E-state index in [0.717, 1.165) is 23.4 Å². The molecule has 1 amide bonds. The monoisotopic (exact) mass is 380 g/mol. The van der Waals surface area contributed by atoms with Gasteiger partial charge in [-0.25, -0.2) is 0 Å². The smallest absolute Gasteiger partial charge is 0.280 e. The van der Waals surface area contributed by atoms with Gasteiger partial charge in [0.15, 0.2) is 11.5 Å². The van der Waals surface area contributed by atoms with Crippen LogP contribution in [0.4, 0.5) is 5.69 Å². The predicted octanol–water partition coefficient (Wildman–Crippen LogP) is 4.30. The van der Waals surface area contributed by atoms with Crippen LogP contribution in [0.5, 0.6) is 17.2 Å². The summed E-state index contributed by atoms with van der Waals surface area (Å²) < 4.78 is 16.2. The van der Waals surface area contributed by atoms with Crippen LogP contribution in [-0.4, -0.2) is 32.9 Å². The number of para-hydroxylation sites is 1. The number of methoxy groups -OCH3 is 3. The fourth-order valence-electron chi connectivity index (χ4n) is 3.12. The second-order valence-corrected chi connectivity index (χ2v) is 6.27. The molecule has 146 valence electrons. The second kappa shape index (κ2) is 8.61. The number of benzene rings is 2. The first kappa shape index (κ1) is 19.5. The molecule has 0 atom stereocenters. The quantitative estimate of drug-likeness (QED) is 0.672. The van der Waals surface area contributed by atoms with E-state index in [-0.39, 0.29) is 5.91 Å². The standard InChI is InChI=1S/C22H24N2O4/c1-5-9-18-17(22(25)24(23-18)16-10-7-6-8-11-16)12-15-13-19(26-2)21(28-4)20(14-15)27-3/h6-8,10-14H,5,9H2,1-4H3. The Balaban J connectivity index is 2.05. The molecule has 0 unspecified atom stereocenters. The molecule has 0 N–H and O–H groups in total. The van der Waals surface area contributed by atoms with Gasteiger partial charge in [-0.05, 0) is 42.3 Å². The maximum atomic E-state index is 13.1. The molecule has 0 radical (unpaired) electrons. The summed E-state index contributed by atoms with van der Waals surface area (Å²) in [5.74, 6) is 1.43. The van der Waals surface area contributed by atoms with Crippen LogP contribution in [0.15, 0.2) is 53.1 Å². The van der Waals surface area contributed by atoms with E-state index in [1.807, 2.05) is 48.5 Å². The van der Waals surface area contributed by atoms with Crippen LogP contribution in [0.3, 0.4) is 0 Å². The largest absolute Gasteiger partial charge is 0.493 e. The van der Waals surface area contributed by atoms with Crippen molar-refractivity contribution in [2.45, 2.75) is 19.8 Å². The van der Waals surface area contributed by atoms with Crippen LogP contribution in [0.1, 0.15) is 25.3 Å². The van der Waals surface area contributed by atoms with Gasteiger partial charge < -0.3 is 14.2 Å². The number of hydrogen-bond acceptors (Lipinski definition) is 5. The van der Waals surface area contributed by atoms with Crippen LogP contribution in [0.2, 0.25) is 0 Å². The number of amides is 1. The molecule has 1 heterocycles. The first-order chi connectivity index (χ1) is 13.6. The summed E-state index contributed by atoms with van der Waals surface area (Å²) in [6, 6.07) is 13.1. The molecule has 6 nitrogen and oxygen atoms in total. The molecule has 3 rings (SSSR count). The van der Waals surface area contributed by atoms with E-state index in [1.165, 1.54) is 5.01 Å². The molecular weight excluding hydrogens is 356 g/mol. The third kappa shape index (κ3) is 3.71. The highest BCUT2D eigenvalue weighted by Crippen LogP contribution is 2.39. The van der Waals surface area contributed by atoms with Crippen molar-refractivity contribution in [3.8, 4) is 17.2 Å². The minimum absolute atomic E-state index is 0.150. The van der Waals surface area contributed by atoms with Gasteiger partial charge in [-0.15, -0.1) is 0 Å². The van der Waals surface area contributed by atoms with Gasteiger partial charge in [-0.2, -0.15) is 10.1 Å². The van der Waals surface area contributed by atoms with Crippen molar-refractivity contribution in [1.29, 1.82) is 0 Å². The minimum Gasteiger partial charge on any atom is -0.493 e. The Bertz CT molecular complexity index is 894. The van der Waals surface area contributed by atoms with Gasteiger partial charge >= 0.3 is 0 Å². The fraction of sp³-hybridized carbons (Fsp3) is 0.273.